The van der Waals surface area contributed by atoms with Crippen LogP contribution in [0, 0.1) is 11.3 Å². The molecule has 11 heteroatoms. The van der Waals surface area contributed by atoms with Gasteiger partial charge >= 0.3 is 6.18 Å². The van der Waals surface area contributed by atoms with Gasteiger partial charge in [-0.05, 0) is 30.3 Å². The maximum Gasteiger partial charge on any atom is 0.416 e. The lowest BCUT2D eigenvalue weighted by atomic mass is 10.1. The van der Waals surface area contributed by atoms with E-state index in [1.807, 2.05) is 0 Å². The molecule has 0 saturated heterocycles. The standard InChI is InChI=1S/C20H12ClF3N4O2S/c21-13-6-4-11(5-7-13)17-15(9-25)18(30)28-19(27-17)31-10-16(29)26-14-3-1-2-12(8-14)20(22,23)24/h1-8H,10H2,(H,26,29)(H,27,28,30). The smallest absolute Gasteiger partial charge is 0.325 e. The van der Waals surface area contributed by atoms with Gasteiger partial charge in [-0.25, -0.2) is 4.98 Å². The van der Waals surface area contributed by atoms with Gasteiger partial charge in [0.15, 0.2) is 5.16 Å². The molecule has 3 rings (SSSR count). The number of amides is 1. The molecule has 0 aliphatic heterocycles. The Labute approximate surface area is 183 Å². The molecule has 0 radical (unpaired) electrons. The van der Waals surface area contributed by atoms with Crippen molar-refractivity contribution in [3.63, 3.8) is 0 Å². The molecule has 0 aliphatic rings. The first-order valence-corrected chi connectivity index (χ1v) is 9.94. The van der Waals surface area contributed by atoms with E-state index in [2.05, 4.69) is 15.3 Å². The van der Waals surface area contributed by atoms with E-state index in [9.17, 15) is 28.0 Å². The van der Waals surface area contributed by atoms with Crippen LogP contribution in [0.15, 0.2) is 58.5 Å². The molecule has 0 unspecified atom stereocenters. The van der Waals surface area contributed by atoms with Gasteiger partial charge in [0.2, 0.25) is 5.91 Å². The van der Waals surface area contributed by atoms with Crippen LogP contribution < -0.4 is 10.9 Å². The molecule has 3 aromatic rings. The van der Waals surface area contributed by atoms with Crippen LogP contribution in [0.5, 0.6) is 0 Å². The topological polar surface area (TPSA) is 98.6 Å². The summed E-state index contributed by atoms with van der Waals surface area (Å²) in [5, 5.41) is 12.2. The lowest BCUT2D eigenvalue weighted by molar-refractivity contribution is -0.137. The minimum absolute atomic E-state index is 0.0106. The summed E-state index contributed by atoms with van der Waals surface area (Å²) in [5.74, 6) is -0.824. The first-order valence-electron chi connectivity index (χ1n) is 8.57. The maximum absolute atomic E-state index is 12.8. The molecule has 0 saturated carbocycles. The Morgan fingerprint density at radius 1 is 1.23 bits per heavy atom. The first kappa shape index (κ1) is 22.4. The lowest BCUT2D eigenvalue weighted by Gasteiger charge is -2.10. The van der Waals surface area contributed by atoms with Gasteiger partial charge < -0.3 is 10.3 Å². The predicted octanol–water partition coefficient (Wildman–Crippen LogP) is 4.71. The number of thioether (sulfide) groups is 1. The highest BCUT2D eigenvalue weighted by Crippen LogP contribution is 2.30. The van der Waals surface area contributed by atoms with Crippen LogP contribution in [-0.2, 0) is 11.0 Å². The number of carbonyl (C=O) groups is 1. The SMILES string of the molecule is N#Cc1c(-c2ccc(Cl)cc2)nc(SCC(=O)Nc2cccc(C(F)(F)F)c2)[nH]c1=O. The molecule has 2 N–H and O–H groups in total. The molecule has 1 amide bonds. The number of hydrogen-bond acceptors (Lipinski definition) is 5. The molecule has 0 spiro atoms. The van der Waals surface area contributed by atoms with Gasteiger partial charge in [-0.3, -0.25) is 9.59 Å². The van der Waals surface area contributed by atoms with E-state index < -0.39 is 23.2 Å². The molecule has 1 aromatic heterocycles. The van der Waals surface area contributed by atoms with E-state index in [4.69, 9.17) is 11.6 Å². The third-order valence-corrected chi connectivity index (χ3v) is 5.07. The maximum atomic E-state index is 12.8. The highest BCUT2D eigenvalue weighted by molar-refractivity contribution is 7.99. The van der Waals surface area contributed by atoms with E-state index in [1.165, 1.54) is 12.1 Å². The third-order valence-electron chi connectivity index (χ3n) is 3.94. The van der Waals surface area contributed by atoms with Crippen molar-refractivity contribution in [1.29, 1.82) is 5.26 Å². The number of nitrogens with one attached hydrogen (secondary N) is 2. The van der Waals surface area contributed by atoms with Gasteiger partial charge in [-0.1, -0.05) is 41.6 Å². The van der Waals surface area contributed by atoms with Crippen molar-refractivity contribution < 1.29 is 18.0 Å². The van der Waals surface area contributed by atoms with Crippen LogP contribution in [0.4, 0.5) is 18.9 Å². The van der Waals surface area contributed by atoms with Crippen molar-refractivity contribution >= 4 is 35.0 Å². The minimum atomic E-state index is -4.53. The van der Waals surface area contributed by atoms with Gasteiger partial charge in [0.1, 0.15) is 11.6 Å². The van der Waals surface area contributed by atoms with Crippen molar-refractivity contribution in [3.8, 4) is 17.3 Å². The largest absolute Gasteiger partial charge is 0.416 e. The van der Waals surface area contributed by atoms with Crippen molar-refractivity contribution in [3.05, 3.63) is 75.0 Å². The van der Waals surface area contributed by atoms with Gasteiger partial charge in [0.25, 0.3) is 5.56 Å². The molecule has 2 aromatic carbocycles. The number of benzene rings is 2. The Bertz CT molecular complexity index is 1220. The van der Waals surface area contributed by atoms with Crippen LogP contribution in [0.1, 0.15) is 11.1 Å². The molecule has 1 heterocycles. The number of aromatic amines is 1. The highest BCUT2D eigenvalue weighted by Gasteiger charge is 2.30. The van der Waals surface area contributed by atoms with Crippen molar-refractivity contribution in [2.75, 3.05) is 11.1 Å². The summed E-state index contributed by atoms with van der Waals surface area (Å²) < 4.78 is 38.4. The lowest BCUT2D eigenvalue weighted by Crippen LogP contribution is -2.17. The molecular weight excluding hydrogens is 453 g/mol. The number of anilines is 1. The van der Waals surface area contributed by atoms with Crippen LogP contribution in [0.2, 0.25) is 5.02 Å². The quantitative estimate of drug-likeness (QED) is 0.421. The summed E-state index contributed by atoms with van der Waals surface area (Å²) in [5.41, 5.74) is -1.15. The molecule has 0 bridgehead atoms. The van der Waals surface area contributed by atoms with E-state index in [1.54, 1.807) is 30.3 Å². The number of carbonyl (C=O) groups excluding carboxylic acids is 1. The van der Waals surface area contributed by atoms with Crippen molar-refractivity contribution in [1.82, 2.24) is 9.97 Å². The second kappa shape index (κ2) is 9.24. The number of H-pyrrole nitrogens is 1. The Morgan fingerprint density at radius 3 is 2.58 bits per heavy atom. The van der Waals surface area contributed by atoms with E-state index in [0.29, 0.717) is 10.6 Å². The third kappa shape index (κ3) is 5.65. The molecule has 31 heavy (non-hydrogen) atoms. The number of halogens is 4. The van der Waals surface area contributed by atoms with E-state index >= 15 is 0 Å². The number of hydrogen-bond donors (Lipinski definition) is 2. The fourth-order valence-corrected chi connectivity index (χ4v) is 3.33. The second-order valence-electron chi connectivity index (χ2n) is 6.13. The van der Waals surface area contributed by atoms with Gasteiger partial charge in [-0.2, -0.15) is 18.4 Å². The summed E-state index contributed by atoms with van der Waals surface area (Å²) in [4.78, 5) is 31.0. The van der Waals surface area contributed by atoms with Crippen molar-refractivity contribution in [2.45, 2.75) is 11.3 Å². The molecule has 6 nitrogen and oxygen atoms in total. The zero-order chi connectivity index (χ0) is 22.6. The van der Waals surface area contributed by atoms with Crippen molar-refractivity contribution in [2.24, 2.45) is 0 Å². The summed E-state index contributed by atoms with van der Waals surface area (Å²) in [7, 11) is 0. The Hall–Kier alpha value is -3.29. The number of nitriles is 1. The Kier molecular flexibility index (Phi) is 6.68. The Balaban J connectivity index is 1.76. The van der Waals surface area contributed by atoms with E-state index in [-0.39, 0.29) is 27.9 Å². The fourth-order valence-electron chi connectivity index (χ4n) is 2.55. The molecule has 0 fully saturated rings. The second-order valence-corrected chi connectivity index (χ2v) is 7.53. The number of nitrogens with zero attached hydrogens (tertiary/aromatic N) is 2. The molecule has 0 atom stereocenters. The summed E-state index contributed by atoms with van der Waals surface area (Å²) in [6.45, 7) is 0. The number of aromatic nitrogens is 2. The van der Waals surface area contributed by atoms with Gasteiger partial charge in [-0.15, -0.1) is 0 Å². The summed E-state index contributed by atoms with van der Waals surface area (Å²) >= 11 is 6.72. The fraction of sp³-hybridized carbons (Fsp3) is 0.100. The molecule has 0 aliphatic carbocycles. The van der Waals surface area contributed by atoms with Crippen LogP contribution in [0.3, 0.4) is 0 Å². The van der Waals surface area contributed by atoms with Gasteiger partial charge in [0, 0.05) is 16.3 Å². The average molecular weight is 465 g/mol. The predicted molar refractivity (Wildman–Crippen MR) is 111 cm³/mol. The minimum Gasteiger partial charge on any atom is -0.325 e. The van der Waals surface area contributed by atoms with Gasteiger partial charge in [0.05, 0.1) is 17.0 Å². The average Bonchev–Trinajstić information content (AvgIpc) is 2.72. The zero-order valence-electron chi connectivity index (χ0n) is 15.5. The van der Waals surface area contributed by atoms with Crippen LogP contribution in [-0.4, -0.2) is 21.6 Å². The highest BCUT2D eigenvalue weighted by atomic mass is 35.5. The zero-order valence-corrected chi connectivity index (χ0v) is 17.0. The van der Waals surface area contributed by atoms with Crippen LogP contribution in [0.25, 0.3) is 11.3 Å². The summed E-state index contributed by atoms with van der Waals surface area (Å²) in [6.07, 6.45) is -4.53. The van der Waals surface area contributed by atoms with Crippen LogP contribution >= 0.6 is 23.4 Å². The first-order chi connectivity index (χ1) is 14.7. The summed E-state index contributed by atoms with van der Waals surface area (Å²) in [6, 6.07) is 12.4. The number of alkyl halides is 3. The van der Waals surface area contributed by atoms with E-state index in [0.717, 1.165) is 23.9 Å². The Morgan fingerprint density at radius 2 is 1.94 bits per heavy atom. The number of rotatable bonds is 5. The monoisotopic (exact) mass is 464 g/mol. The molecule has 158 valence electrons. The normalized spacial score (nSPS) is 11.1. The molecular formula is C20H12ClF3N4O2S.